The predicted octanol–water partition coefficient (Wildman–Crippen LogP) is 2.86. The number of nitrogens with one attached hydrogen (secondary N) is 2. The van der Waals surface area contributed by atoms with Gasteiger partial charge >= 0.3 is 0 Å². The van der Waals surface area contributed by atoms with Gasteiger partial charge in [-0.2, -0.15) is 0 Å². The van der Waals surface area contributed by atoms with Gasteiger partial charge in [0.1, 0.15) is 23.3 Å². The Labute approximate surface area is 127 Å². The van der Waals surface area contributed by atoms with Crippen LogP contribution in [0.15, 0.2) is 47.3 Å². The number of hydrogen-bond acceptors (Lipinski definition) is 4. The van der Waals surface area contributed by atoms with Crippen LogP contribution in [0, 0.1) is 6.92 Å². The lowest BCUT2D eigenvalue weighted by atomic mass is 10.1. The summed E-state index contributed by atoms with van der Waals surface area (Å²) in [5, 5.41) is 6.82. The molecule has 3 aromatic rings. The second-order valence-corrected chi connectivity index (χ2v) is 5.09. The molecule has 0 unspecified atom stereocenters. The Morgan fingerprint density at radius 2 is 2.09 bits per heavy atom. The molecular formula is C16H16N4O2. The maximum Gasteiger partial charge on any atom is 0.257 e. The standard InChI is InChI=1S/C16H16N4O2/c1-10-8-17-15(18-10)11(2)19-16(21)13-9-22-20-14(13)12-6-4-3-5-7-12/h3-9,11H,1-2H3,(H,17,18)(H,19,21)/t11-/m1/s1. The fourth-order valence-electron chi connectivity index (χ4n) is 2.20. The normalized spacial score (nSPS) is 12.1. The topological polar surface area (TPSA) is 83.8 Å². The molecule has 6 heteroatoms. The van der Waals surface area contributed by atoms with E-state index in [1.165, 1.54) is 6.26 Å². The molecule has 1 aromatic carbocycles. The predicted molar refractivity (Wildman–Crippen MR) is 81.1 cm³/mol. The molecule has 0 spiro atoms. The molecule has 0 bridgehead atoms. The van der Waals surface area contributed by atoms with Gasteiger partial charge in [0, 0.05) is 17.5 Å². The van der Waals surface area contributed by atoms with E-state index in [1.54, 1.807) is 6.20 Å². The van der Waals surface area contributed by atoms with E-state index in [0.717, 1.165) is 11.3 Å². The van der Waals surface area contributed by atoms with Gasteiger partial charge in [-0.15, -0.1) is 0 Å². The third kappa shape index (κ3) is 2.76. The van der Waals surface area contributed by atoms with E-state index >= 15 is 0 Å². The van der Waals surface area contributed by atoms with Gasteiger partial charge in [0.25, 0.3) is 5.91 Å². The summed E-state index contributed by atoms with van der Waals surface area (Å²) < 4.78 is 4.98. The Morgan fingerprint density at radius 1 is 1.32 bits per heavy atom. The number of hydrogen-bond donors (Lipinski definition) is 2. The first-order valence-corrected chi connectivity index (χ1v) is 6.97. The van der Waals surface area contributed by atoms with Gasteiger partial charge in [-0.1, -0.05) is 35.5 Å². The van der Waals surface area contributed by atoms with Crippen LogP contribution in [0.4, 0.5) is 0 Å². The minimum Gasteiger partial charge on any atom is -0.363 e. The van der Waals surface area contributed by atoms with Crippen LogP contribution < -0.4 is 5.32 Å². The second kappa shape index (κ2) is 5.85. The van der Waals surface area contributed by atoms with Gasteiger partial charge in [0.05, 0.1) is 6.04 Å². The molecule has 2 aromatic heterocycles. The second-order valence-electron chi connectivity index (χ2n) is 5.09. The summed E-state index contributed by atoms with van der Waals surface area (Å²) in [4.78, 5) is 19.8. The molecule has 3 rings (SSSR count). The first-order chi connectivity index (χ1) is 10.6. The molecule has 2 N–H and O–H groups in total. The average molecular weight is 296 g/mol. The van der Waals surface area contributed by atoms with Crippen LogP contribution in [0.3, 0.4) is 0 Å². The zero-order valence-corrected chi connectivity index (χ0v) is 12.3. The molecule has 0 radical (unpaired) electrons. The van der Waals surface area contributed by atoms with Crippen LogP contribution in [-0.4, -0.2) is 21.0 Å². The highest BCUT2D eigenvalue weighted by molar-refractivity contribution is 5.99. The summed E-state index contributed by atoms with van der Waals surface area (Å²) in [5.41, 5.74) is 2.72. The molecule has 0 saturated heterocycles. The molecule has 112 valence electrons. The van der Waals surface area contributed by atoms with Crippen molar-refractivity contribution in [2.75, 3.05) is 0 Å². The molecule has 0 saturated carbocycles. The van der Waals surface area contributed by atoms with Crippen molar-refractivity contribution in [2.45, 2.75) is 19.9 Å². The van der Waals surface area contributed by atoms with Crippen molar-refractivity contribution < 1.29 is 9.32 Å². The number of nitrogens with zero attached hydrogens (tertiary/aromatic N) is 2. The number of benzene rings is 1. The van der Waals surface area contributed by atoms with Crippen molar-refractivity contribution in [3.8, 4) is 11.3 Å². The number of aromatic amines is 1. The number of carbonyl (C=O) groups excluding carboxylic acids is 1. The molecule has 2 heterocycles. The van der Waals surface area contributed by atoms with Crippen molar-refractivity contribution in [3.63, 3.8) is 0 Å². The SMILES string of the molecule is Cc1cnc([C@@H](C)NC(=O)c2conc2-c2ccccc2)[nH]1. The summed E-state index contributed by atoms with van der Waals surface area (Å²) >= 11 is 0. The third-order valence-electron chi connectivity index (χ3n) is 3.34. The molecule has 6 nitrogen and oxygen atoms in total. The van der Waals surface area contributed by atoms with Crippen LogP contribution in [0.5, 0.6) is 0 Å². The molecule has 0 aliphatic rings. The van der Waals surface area contributed by atoms with Crippen LogP contribution in [0.2, 0.25) is 0 Å². The molecule has 1 amide bonds. The average Bonchev–Trinajstić information content (AvgIpc) is 3.16. The number of H-pyrrole nitrogens is 1. The highest BCUT2D eigenvalue weighted by Gasteiger charge is 2.20. The van der Waals surface area contributed by atoms with E-state index in [4.69, 9.17) is 4.52 Å². The number of amides is 1. The van der Waals surface area contributed by atoms with Crippen LogP contribution in [0.1, 0.15) is 34.8 Å². The lowest BCUT2D eigenvalue weighted by Crippen LogP contribution is -2.27. The summed E-state index contributed by atoms with van der Waals surface area (Å²) in [6.45, 7) is 3.78. The molecule has 22 heavy (non-hydrogen) atoms. The van der Waals surface area contributed by atoms with Gasteiger partial charge in [-0.25, -0.2) is 4.98 Å². The maximum absolute atomic E-state index is 12.4. The van der Waals surface area contributed by atoms with Crippen molar-refractivity contribution in [3.05, 3.63) is 59.9 Å². The zero-order valence-electron chi connectivity index (χ0n) is 12.3. The highest BCUT2D eigenvalue weighted by atomic mass is 16.5. The molecule has 1 atom stereocenters. The van der Waals surface area contributed by atoms with Crippen molar-refractivity contribution >= 4 is 5.91 Å². The van der Waals surface area contributed by atoms with Gasteiger partial charge in [0.2, 0.25) is 0 Å². The van der Waals surface area contributed by atoms with Gasteiger partial charge < -0.3 is 14.8 Å². The van der Waals surface area contributed by atoms with E-state index in [-0.39, 0.29) is 11.9 Å². The largest absolute Gasteiger partial charge is 0.363 e. The number of aryl methyl sites for hydroxylation is 1. The Hall–Kier alpha value is -2.89. The Bertz CT molecular complexity index is 776. The van der Waals surface area contributed by atoms with E-state index in [1.807, 2.05) is 44.2 Å². The maximum atomic E-state index is 12.4. The van der Waals surface area contributed by atoms with Crippen LogP contribution in [0.25, 0.3) is 11.3 Å². The highest BCUT2D eigenvalue weighted by Crippen LogP contribution is 2.22. The molecule has 0 aliphatic heterocycles. The summed E-state index contributed by atoms with van der Waals surface area (Å²) in [7, 11) is 0. The van der Waals surface area contributed by atoms with Crippen LogP contribution in [-0.2, 0) is 0 Å². The van der Waals surface area contributed by atoms with Gasteiger partial charge in [-0.05, 0) is 13.8 Å². The number of aromatic nitrogens is 3. The summed E-state index contributed by atoms with van der Waals surface area (Å²) in [6, 6.07) is 9.21. The quantitative estimate of drug-likeness (QED) is 0.775. The molecular weight excluding hydrogens is 280 g/mol. The summed E-state index contributed by atoms with van der Waals surface area (Å²) in [6.07, 6.45) is 3.09. The van der Waals surface area contributed by atoms with Crippen molar-refractivity contribution in [1.29, 1.82) is 0 Å². The lowest BCUT2D eigenvalue weighted by molar-refractivity contribution is 0.0938. The smallest absolute Gasteiger partial charge is 0.257 e. The number of carbonyl (C=O) groups is 1. The first kappa shape index (κ1) is 14.1. The Kier molecular flexibility index (Phi) is 3.74. The number of imidazole rings is 1. The minimum atomic E-state index is -0.248. The summed E-state index contributed by atoms with van der Waals surface area (Å²) in [5.74, 6) is 0.463. The van der Waals surface area contributed by atoms with Gasteiger partial charge in [0.15, 0.2) is 0 Å². The first-order valence-electron chi connectivity index (χ1n) is 6.97. The Morgan fingerprint density at radius 3 is 2.77 bits per heavy atom. The minimum absolute atomic E-state index is 0.236. The molecule has 0 aliphatic carbocycles. The fourth-order valence-corrected chi connectivity index (χ4v) is 2.20. The van der Waals surface area contributed by atoms with E-state index < -0.39 is 0 Å². The van der Waals surface area contributed by atoms with E-state index in [9.17, 15) is 4.79 Å². The third-order valence-corrected chi connectivity index (χ3v) is 3.34. The fraction of sp³-hybridized carbons (Fsp3) is 0.188. The van der Waals surface area contributed by atoms with Crippen molar-refractivity contribution in [2.24, 2.45) is 0 Å². The van der Waals surface area contributed by atoms with E-state index in [2.05, 4.69) is 20.4 Å². The van der Waals surface area contributed by atoms with Gasteiger partial charge in [-0.3, -0.25) is 4.79 Å². The Balaban J connectivity index is 1.80. The van der Waals surface area contributed by atoms with Crippen molar-refractivity contribution in [1.82, 2.24) is 20.4 Å². The monoisotopic (exact) mass is 296 g/mol. The lowest BCUT2D eigenvalue weighted by Gasteiger charge is -2.11. The molecule has 0 fully saturated rings. The van der Waals surface area contributed by atoms with Crippen LogP contribution >= 0.6 is 0 Å². The number of rotatable bonds is 4. The van der Waals surface area contributed by atoms with E-state index in [0.29, 0.717) is 17.1 Å². The zero-order chi connectivity index (χ0) is 15.5.